The maximum Gasteiger partial charge on any atom is 0.326 e. The van der Waals surface area contributed by atoms with Gasteiger partial charge in [-0.05, 0) is 48.4 Å². The van der Waals surface area contributed by atoms with Crippen LogP contribution < -0.4 is 32.7 Å². The van der Waals surface area contributed by atoms with E-state index in [9.17, 15) is 48.9 Å². The molecule has 1 aliphatic rings. The first-order valence-electron chi connectivity index (χ1n) is 17.9. The van der Waals surface area contributed by atoms with Gasteiger partial charge < -0.3 is 53.0 Å². The molecule has 17 heteroatoms. The van der Waals surface area contributed by atoms with E-state index in [2.05, 4.69) is 21.3 Å². The number of amides is 6. The van der Waals surface area contributed by atoms with Gasteiger partial charge in [0.2, 0.25) is 35.4 Å². The van der Waals surface area contributed by atoms with Crippen molar-refractivity contribution in [3.8, 4) is 5.75 Å². The highest BCUT2D eigenvalue weighted by atomic mass is 16.4. The van der Waals surface area contributed by atoms with E-state index in [1.54, 1.807) is 56.3 Å². The lowest BCUT2D eigenvalue weighted by molar-refractivity contribution is -0.144. The number of aliphatic carboxylic acids is 1. The van der Waals surface area contributed by atoms with Crippen LogP contribution in [0.1, 0.15) is 57.1 Å². The van der Waals surface area contributed by atoms with Gasteiger partial charge in [0.15, 0.2) is 0 Å². The molecule has 0 bridgehead atoms. The summed E-state index contributed by atoms with van der Waals surface area (Å²) in [4.78, 5) is 92.5. The highest BCUT2D eigenvalue weighted by Gasteiger charge is 2.40. The van der Waals surface area contributed by atoms with Crippen LogP contribution in [-0.2, 0) is 46.4 Å². The molecule has 2 aromatic rings. The highest BCUT2D eigenvalue weighted by molar-refractivity contribution is 5.97. The molecule has 0 spiro atoms. The summed E-state index contributed by atoms with van der Waals surface area (Å²) < 4.78 is 0. The smallest absolute Gasteiger partial charge is 0.326 e. The Bertz CT molecular complexity index is 1620. The molecule has 7 atom stereocenters. The van der Waals surface area contributed by atoms with Crippen molar-refractivity contribution in [3.05, 3.63) is 65.7 Å². The van der Waals surface area contributed by atoms with E-state index in [1.807, 2.05) is 0 Å². The zero-order valence-corrected chi connectivity index (χ0v) is 30.4. The molecule has 6 amide bonds. The molecule has 1 aliphatic heterocycles. The topological polar surface area (TPSA) is 284 Å². The lowest BCUT2D eigenvalue weighted by atomic mass is 9.97. The molecule has 294 valence electrons. The summed E-state index contributed by atoms with van der Waals surface area (Å²) in [7, 11) is 0. The van der Waals surface area contributed by atoms with Gasteiger partial charge in [-0.1, -0.05) is 62.7 Å². The number of nitrogens with one attached hydrogen (secondary N) is 4. The third-order valence-electron chi connectivity index (χ3n) is 9.37. The van der Waals surface area contributed by atoms with Crippen molar-refractivity contribution in [1.82, 2.24) is 26.2 Å². The number of phenols is 1. The van der Waals surface area contributed by atoms with Gasteiger partial charge in [-0.15, -0.1) is 0 Å². The summed E-state index contributed by atoms with van der Waals surface area (Å²) >= 11 is 0. The zero-order chi connectivity index (χ0) is 39.9. The molecule has 0 aromatic heterocycles. The Labute approximate surface area is 313 Å². The Kier molecular flexibility index (Phi) is 16.4. The number of rotatable bonds is 20. The largest absolute Gasteiger partial charge is 0.508 e. The quantitative estimate of drug-likeness (QED) is 0.0776. The Morgan fingerprint density at radius 1 is 0.833 bits per heavy atom. The fourth-order valence-corrected chi connectivity index (χ4v) is 6.02. The maximum atomic E-state index is 14.3. The SMILES string of the molecule is CC[C@H](C)[C@H](NC(=O)[C@@H]1CCCN1C(=O)[C@H](Cc1ccccc1)NC(=O)[C@H](Cc1ccc(O)cc1)NC(=O)[C@@H](N)CO)C(=O)N[C@@H](CCC(N)=O)C(=O)O. The molecular weight excluding hydrogens is 702 g/mol. The summed E-state index contributed by atoms with van der Waals surface area (Å²) in [6, 6.07) is 7.35. The normalized spacial score (nSPS) is 17.2. The van der Waals surface area contributed by atoms with Crippen LogP contribution in [-0.4, -0.2) is 111 Å². The molecule has 1 fully saturated rings. The summed E-state index contributed by atoms with van der Waals surface area (Å²) in [5.74, 6) is -6.13. The molecule has 2 aromatic carbocycles. The average molecular weight is 754 g/mol. The molecular formula is C37H51N7O10. The first kappa shape index (κ1) is 42.9. The number of phenolic OH excluding ortho intramolecular Hbond substituents is 1. The second kappa shape index (κ2) is 20.6. The second-order valence-corrected chi connectivity index (χ2v) is 13.4. The number of hydrogen-bond acceptors (Lipinski definition) is 10. The van der Waals surface area contributed by atoms with Crippen LogP contribution in [0.4, 0.5) is 0 Å². The highest BCUT2D eigenvalue weighted by Crippen LogP contribution is 2.21. The van der Waals surface area contributed by atoms with Crippen LogP contribution >= 0.6 is 0 Å². The van der Waals surface area contributed by atoms with Crippen molar-refractivity contribution in [2.45, 2.75) is 95.0 Å². The van der Waals surface area contributed by atoms with E-state index in [0.29, 0.717) is 24.0 Å². The van der Waals surface area contributed by atoms with Crippen LogP contribution in [0.2, 0.25) is 0 Å². The number of hydrogen-bond donors (Lipinski definition) is 9. The van der Waals surface area contributed by atoms with Gasteiger partial charge >= 0.3 is 5.97 Å². The van der Waals surface area contributed by atoms with Gasteiger partial charge in [0.05, 0.1) is 6.61 Å². The fraction of sp³-hybridized carbons (Fsp3) is 0.486. The number of aliphatic hydroxyl groups excluding tert-OH is 1. The number of likely N-dealkylation sites (tertiary alicyclic amines) is 1. The molecule has 1 saturated heterocycles. The number of carbonyl (C=O) groups excluding carboxylic acids is 6. The average Bonchev–Trinajstić information content (AvgIpc) is 3.65. The molecule has 54 heavy (non-hydrogen) atoms. The number of carbonyl (C=O) groups is 7. The number of nitrogens with two attached hydrogens (primary N) is 2. The summed E-state index contributed by atoms with van der Waals surface area (Å²) in [6.45, 7) is 2.97. The first-order chi connectivity index (χ1) is 25.6. The van der Waals surface area contributed by atoms with E-state index < -0.39 is 90.2 Å². The number of primary amides is 1. The number of aromatic hydroxyl groups is 1. The molecule has 0 unspecified atom stereocenters. The van der Waals surface area contributed by atoms with Crippen LogP contribution in [0.5, 0.6) is 5.75 Å². The van der Waals surface area contributed by atoms with Crippen LogP contribution in [0, 0.1) is 5.92 Å². The van der Waals surface area contributed by atoms with Crippen molar-refractivity contribution in [2.24, 2.45) is 17.4 Å². The minimum atomic E-state index is -1.43. The van der Waals surface area contributed by atoms with Gasteiger partial charge in [0.25, 0.3) is 0 Å². The Morgan fingerprint density at radius 2 is 1.43 bits per heavy atom. The third kappa shape index (κ3) is 12.5. The predicted molar refractivity (Wildman–Crippen MR) is 195 cm³/mol. The van der Waals surface area contributed by atoms with Gasteiger partial charge in [-0.25, -0.2) is 4.79 Å². The fourth-order valence-electron chi connectivity index (χ4n) is 6.02. The van der Waals surface area contributed by atoms with Crippen molar-refractivity contribution in [2.75, 3.05) is 13.2 Å². The Hall–Kier alpha value is -5.55. The number of aliphatic hydroxyl groups is 1. The molecule has 11 N–H and O–H groups in total. The number of benzene rings is 2. The second-order valence-electron chi connectivity index (χ2n) is 13.4. The molecule has 0 aliphatic carbocycles. The minimum Gasteiger partial charge on any atom is -0.508 e. The van der Waals surface area contributed by atoms with E-state index in [-0.39, 0.29) is 44.4 Å². The Balaban J connectivity index is 1.87. The lowest BCUT2D eigenvalue weighted by Gasteiger charge is -2.32. The van der Waals surface area contributed by atoms with Gasteiger partial charge in [-0.3, -0.25) is 28.8 Å². The van der Waals surface area contributed by atoms with Crippen molar-refractivity contribution < 1.29 is 48.9 Å². The monoisotopic (exact) mass is 753 g/mol. The van der Waals surface area contributed by atoms with Crippen molar-refractivity contribution in [1.29, 1.82) is 0 Å². The number of carboxylic acids is 1. The van der Waals surface area contributed by atoms with Crippen LogP contribution in [0.15, 0.2) is 54.6 Å². The molecule has 17 nitrogen and oxygen atoms in total. The molecule has 0 radical (unpaired) electrons. The van der Waals surface area contributed by atoms with E-state index in [1.165, 1.54) is 17.0 Å². The van der Waals surface area contributed by atoms with E-state index >= 15 is 0 Å². The predicted octanol–water partition coefficient (Wildman–Crippen LogP) is -1.18. The Morgan fingerprint density at radius 3 is 2.02 bits per heavy atom. The third-order valence-corrected chi connectivity index (χ3v) is 9.37. The molecule has 3 rings (SSSR count). The van der Waals surface area contributed by atoms with Crippen LogP contribution in [0.25, 0.3) is 0 Å². The maximum absolute atomic E-state index is 14.3. The van der Waals surface area contributed by atoms with Crippen molar-refractivity contribution >= 4 is 41.4 Å². The summed E-state index contributed by atoms with van der Waals surface area (Å²) in [6.07, 6.45) is 0.548. The lowest BCUT2D eigenvalue weighted by Crippen LogP contribution is -2.60. The summed E-state index contributed by atoms with van der Waals surface area (Å²) in [5.41, 5.74) is 12.1. The zero-order valence-electron chi connectivity index (χ0n) is 30.4. The van der Waals surface area contributed by atoms with Crippen LogP contribution in [0.3, 0.4) is 0 Å². The minimum absolute atomic E-state index is 0.00965. The number of carboxylic acid groups (broad SMARTS) is 1. The standard InChI is InChI=1S/C37H51N7O10/c1-3-21(2)31(35(51)40-26(37(53)54)15-16-30(39)47)43-34(50)29-10-7-17-44(29)36(52)28(19-22-8-5-4-6-9-22)42-33(49)27(41-32(48)25(38)20-45)18-23-11-13-24(46)14-12-23/h4-6,8-9,11-14,21,25-29,31,45-46H,3,7,10,15-20,38H2,1-2H3,(H2,39,47)(H,40,51)(H,41,48)(H,42,49)(H,43,50)(H,53,54)/t21-,25-,26-,27-,28-,29-,31-/m0/s1. The van der Waals surface area contributed by atoms with E-state index in [4.69, 9.17) is 11.5 Å². The van der Waals surface area contributed by atoms with Crippen molar-refractivity contribution in [3.63, 3.8) is 0 Å². The molecule has 0 saturated carbocycles. The molecule has 1 heterocycles. The number of nitrogens with zero attached hydrogens (tertiary/aromatic N) is 1. The van der Waals surface area contributed by atoms with Gasteiger partial charge in [0.1, 0.15) is 42.0 Å². The first-order valence-corrected chi connectivity index (χ1v) is 17.9. The summed E-state index contributed by atoms with van der Waals surface area (Å²) in [5, 5.41) is 39.1. The van der Waals surface area contributed by atoms with Gasteiger partial charge in [-0.2, -0.15) is 0 Å². The van der Waals surface area contributed by atoms with E-state index in [0.717, 1.165) is 0 Å². The van der Waals surface area contributed by atoms with Gasteiger partial charge in [0, 0.05) is 25.8 Å².